The average molecular weight is 389 g/mol. The Morgan fingerprint density at radius 2 is 1.75 bits per heavy atom. The number of carbonyl (C=O) groups is 1. The monoisotopic (exact) mass is 388 g/mol. The molecule has 0 fully saturated rings. The van der Waals surface area contributed by atoms with Crippen LogP contribution in [0.4, 0.5) is 0 Å². The van der Waals surface area contributed by atoms with Gasteiger partial charge in [-0.3, -0.25) is 4.79 Å². The van der Waals surface area contributed by atoms with E-state index < -0.39 is 0 Å². The lowest BCUT2D eigenvalue weighted by atomic mass is 10.0. The van der Waals surface area contributed by atoms with Crippen molar-refractivity contribution in [3.63, 3.8) is 0 Å². The van der Waals surface area contributed by atoms with Crippen molar-refractivity contribution < 1.29 is 4.79 Å². The van der Waals surface area contributed by atoms with E-state index in [1.54, 1.807) is 0 Å². The van der Waals surface area contributed by atoms with Gasteiger partial charge in [0.05, 0.1) is 0 Å². The van der Waals surface area contributed by atoms with E-state index in [9.17, 15) is 4.79 Å². The van der Waals surface area contributed by atoms with Crippen molar-refractivity contribution in [3.8, 4) is 0 Å². The van der Waals surface area contributed by atoms with E-state index in [1.165, 1.54) is 11.1 Å². The number of nitrogens with zero attached hydrogens (tertiary/aromatic N) is 1. The standard InChI is InChI=1S/C20H25BrN2O/c1-23(2)18(14-16-8-4-3-5-9-16)15-22-20(24)13-12-17-10-6-7-11-19(17)21/h3-11,18H,12-15H2,1-2H3,(H,22,24). The minimum absolute atomic E-state index is 0.102. The predicted octanol–water partition coefficient (Wildman–Crippen LogP) is 3.67. The van der Waals surface area contributed by atoms with E-state index in [0.29, 0.717) is 19.0 Å². The van der Waals surface area contributed by atoms with Crippen LogP contribution in [0.25, 0.3) is 0 Å². The summed E-state index contributed by atoms with van der Waals surface area (Å²) in [7, 11) is 4.11. The van der Waals surface area contributed by atoms with E-state index in [1.807, 2.05) is 24.3 Å². The number of benzene rings is 2. The third-order valence-corrected chi connectivity index (χ3v) is 4.93. The fourth-order valence-corrected chi connectivity index (χ4v) is 3.08. The lowest BCUT2D eigenvalue weighted by Gasteiger charge is -2.24. The Hall–Kier alpha value is -1.65. The van der Waals surface area contributed by atoms with Gasteiger partial charge in [0.25, 0.3) is 0 Å². The number of aryl methyl sites for hydroxylation is 1. The maximum absolute atomic E-state index is 12.2. The molecule has 3 nitrogen and oxygen atoms in total. The Kier molecular flexibility index (Phi) is 7.47. The number of hydrogen-bond acceptors (Lipinski definition) is 2. The van der Waals surface area contributed by atoms with Gasteiger partial charge in [0, 0.05) is 23.5 Å². The van der Waals surface area contributed by atoms with Crippen molar-refractivity contribution in [1.29, 1.82) is 0 Å². The predicted molar refractivity (Wildman–Crippen MR) is 103 cm³/mol. The number of rotatable bonds is 8. The topological polar surface area (TPSA) is 32.3 Å². The molecule has 4 heteroatoms. The summed E-state index contributed by atoms with van der Waals surface area (Å²) in [6, 6.07) is 18.7. The van der Waals surface area contributed by atoms with Crippen LogP contribution < -0.4 is 5.32 Å². The number of halogens is 1. The van der Waals surface area contributed by atoms with Gasteiger partial charge >= 0.3 is 0 Å². The molecule has 1 unspecified atom stereocenters. The van der Waals surface area contributed by atoms with Crippen molar-refractivity contribution in [2.75, 3.05) is 20.6 Å². The lowest BCUT2D eigenvalue weighted by Crippen LogP contribution is -2.41. The number of carbonyl (C=O) groups excluding carboxylic acids is 1. The summed E-state index contributed by atoms with van der Waals surface area (Å²) < 4.78 is 1.06. The Balaban J connectivity index is 1.81. The zero-order valence-electron chi connectivity index (χ0n) is 14.3. The fourth-order valence-electron chi connectivity index (χ4n) is 2.59. The molecule has 1 N–H and O–H groups in total. The Bertz CT molecular complexity index is 643. The summed E-state index contributed by atoms with van der Waals surface area (Å²) >= 11 is 3.53. The molecule has 24 heavy (non-hydrogen) atoms. The summed E-state index contributed by atoms with van der Waals surface area (Å²) in [5, 5.41) is 3.08. The van der Waals surface area contributed by atoms with Crippen LogP contribution in [0.15, 0.2) is 59.1 Å². The quantitative estimate of drug-likeness (QED) is 0.747. The first-order valence-corrected chi connectivity index (χ1v) is 9.06. The van der Waals surface area contributed by atoms with Gasteiger partial charge in [-0.25, -0.2) is 0 Å². The van der Waals surface area contributed by atoms with Gasteiger partial charge in [0.1, 0.15) is 0 Å². The molecule has 0 bridgehead atoms. The largest absolute Gasteiger partial charge is 0.355 e. The minimum Gasteiger partial charge on any atom is -0.355 e. The summed E-state index contributed by atoms with van der Waals surface area (Å²) in [5.41, 5.74) is 2.46. The maximum atomic E-state index is 12.2. The van der Waals surface area contributed by atoms with E-state index in [-0.39, 0.29) is 5.91 Å². The molecule has 0 aliphatic carbocycles. The third kappa shape index (κ3) is 6.10. The molecule has 0 aliphatic rings. The van der Waals surface area contributed by atoms with Gasteiger partial charge in [0.2, 0.25) is 5.91 Å². The van der Waals surface area contributed by atoms with E-state index >= 15 is 0 Å². The second-order valence-corrected chi connectivity index (χ2v) is 7.06. The maximum Gasteiger partial charge on any atom is 0.220 e. The fraction of sp³-hybridized carbons (Fsp3) is 0.350. The van der Waals surface area contributed by atoms with Crippen molar-refractivity contribution in [1.82, 2.24) is 10.2 Å². The number of hydrogen-bond donors (Lipinski definition) is 1. The van der Waals surface area contributed by atoms with Crippen LogP contribution in [0.5, 0.6) is 0 Å². The minimum atomic E-state index is 0.102. The molecule has 0 heterocycles. The highest BCUT2D eigenvalue weighted by atomic mass is 79.9. The van der Waals surface area contributed by atoms with E-state index in [2.05, 4.69) is 70.6 Å². The lowest BCUT2D eigenvalue weighted by molar-refractivity contribution is -0.121. The van der Waals surface area contributed by atoms with Gasteiger partial charge in [-0.05, 0) is 44.1 Å². The molecule has 0 aromatic heterocycles. The summed E-state index contributed by atoms with van der Waals surface area (Å²) in [5.74, 6) is 0.102. The first-order valence-electron chi connectivity index (χ1n) is 8.26. The molecular weight excluding hydrogens is 364 g/mol. The highest BCUT2D eigenvalue weighted by Crippen LogP contribution is 2.17. The second-order valence-electron chi connectivity index (χ2n) is 6.20. The van der Waals surface area contributed by atoms with Gasteiger partial charge in [0.15, 0.2) is 0 Å². The van der Waals surface area contributed by atoms with Crippen molar-refractivity contribution >= 4 is 21.8 Å². The molecule has 1 atom stereocenters. The summed E-state index contributed by atoms with van der Waals surface area (Å²) in [6.07, 6.45) is 2.19. The van der Waals surface area contributed by atoms with Crippen LogP contribution >= 0.6 is 15.9 Å². The number of amides is 1. The van der Waals surface area contributed by atoms with E-state index in [0.717, 1.165) is 17.3 Å². The van der Waals surface area contributed by atoms with Crippen LogP contribution in [0, 0.1) is 0 Å². The first-order chi connectivity index (χ1) is 11.6. The van der Waals surface area contributed by atoms with Crippen molar-refractivity contribution in [3.05, 3.63) is 70.2 Å². The molecule has 0 saturated carbocycles. The highest BCUT2D eigenvalue weighted by Gasteiger charge is 2.14. The van der Waals surface area contributed by atoms with Crippen LogP contribution in [0.3, 0.4) is 0 Å². The zero-order valence-corrected chi connectivity index (χ0v) is 15.9. The molecule has 0 saturated heterocycles. The normalized spacial score (nSPS) is 12.2. The van der Waals surface area contributed by atoms with Crippen LogP contribution in [0.1, 0.15) is 17.5 Å². The summed E-state index contributed by atoms with van der Waals surface area (Å²) in [4.78, 5) is 14.3. The zero-order chi connectivity index (χ0) is 17.4. The molecule has 0 radical (unpaired) electrons. The molecule has 2 rings (SSSR count). The average Bonchev–Trinajstić information content (AvgIpc) is 2.58. The second kappa shape index (κ2) is 9.60. The first kappa shape index (κ1) is 18.7. The van der Waals surface area contributed by atoms with Gasteiger partial charge in [-0.15, -0.1) is 0 Å². The van der Waals surface area contributed by atoms with Gasteiger partial charge in [-0.1, -0.05) is 64.5 Å². The van der Waals surface area contributed by atoms with Crippen molar-refractivity contribution in [2.45, 2.75) is 25.3 Å². The van der Waals surface area contributed by atoms with Crippen LogP contribution in [-0.2, 0) is 17.6 Å². The van der Waals surface area contributed by atoms with Gasteiger partial charge in [-0.2, -0.15) is 0 Å². The molecular formula is C20H25BrN2O. The summed E-state index contributed by atoms with van der Waals surface area (Å²) in [6.45, 7) is 0.663. The molecule has 0 spiro atoms. The molecule has 2 aromatic carbocycles. The van der Waals surface area contributed by atoms with Crippen molar-refractivity contribution in [2.24, 2.45) is 0 Å². The number of nitrogens with one attached hydrogen (secondary N) is 1. The molecule has 2 aromatic rings. The van der Waals surface area contributed by atoms with Gasteiger partial charge < -0.3 is 10.2 Å². The molecule has 0 aliphatic heterocycles. The Labute approximate surface area is 153 Å². The molecule has 1 amide bonds. The van der Waals surface area contributed by atoms with E-state index in [4.69, 9.17) is 0 Å². The SMILES string of the molecule is CN(C)C(CNC(=O)CCc1ccccc1Br)Cc1ccccc1. The molecule has 128 valence electrons. The number of likely N-dealkylation sites (N-methyl/N-ethyl adjacent to an activating group) is 1. The smallest absolute Gasteiger partial charge is 0.220 e. The Morgan fingerprint density at radius 1 is 1.08 bits per heavy atom. The van der Waals surface area contributed by atoms with Crippen LogP contribution in [0.2, 0.25) is 0 Å². The highest BCUT2D eigenvalue weighted by molar-refractivity contribution is 9.10. The third-order valence-electron chi connectivity index (χ3n) is 4.16. The van der Waals surface area contributed by atoms with Crippen LogP contribution in [-0.4, -0.2) is 37.5 Å². The Morgan fingerprint density at radius 3 is 2.42 bits per heavy atom.